The molecule has 0 aromatic heterocycles. The number of carbonyl (C=O) groups excluding carboxylic acids is 1. The first kappa shape index (κ1) is 15.4. The summed E-state index contributed by atoms with van der Waals surface area (Å²) in [4.78, 5) is 12.8. The fourth-order valence-corrected chi connectivity index (χ4v) is 2.99. The Morgan fingerprint density at radius 1 is 1.10 bits per heavy atom. The second kappa shape index (κ2) is 7.18. The van der Waals surface area contributed by atoms with Crippen molar-refractivity contribution < 1.29 is 9.00 Å². The van der Waals surface area contributed by atoms with Crippen molar-refractivity contribution in [3.8, 4) is 0 Å². The number of hydrogen-bond donors (Lipinski definition) is 1. The molecule has 0 fully saturated rings. The third-order valence-corrected chi connectivity index (χ3v) is 4.85. The summed E-state index contributed by atoms with van der Waals surface area (Å²) in [7, 11) is -1.34. The van der Waals surface area contributed by atoms with Crippen molar-refractivity contribution in [3.63, 3.8) is 0 Å². The van der Waals surface area contributed by atoms with Crippen LogP contribution < -0.4 is 5.32 Å². The average Bonchev–Trinajstić information content (AvgIpc) is 2.53. The van der Waals surface area contributed by atoms with E-state index in [9.17, 15) is 9.00 Å². The highest BCUT2D eigenvalue weighted by atomic mass is 32.2. The summed E-state index contributed by atoms with van der Waals surface area (Å²) < 4.78 is 12.4. The summed E-state index contributed by atoms with van der Waals surface area (Å²) in [6.45, 7) is 4.12. The van der Waals surface area contributed by atoms with Crippen molar-refractivity contribution in [2.75, 3.05) is 0 Å². The van der Waals surface area contributed by atoms with Crippen LogP contribution in [0.25, 0.3) is 0 Å². The van der Waals surface area contributed by atoms with Gasteiger partial charge >= 0.3 is 0 Å². The second-order valence-electron chi connectivity index (χ2n) is 4.96. The molecule has 4 heteroatoms. The molecule has 0 heterocycles. The summed E-state index contributed by atoms with van der Waals surface area (Å²) in [5, 5.41) is 2.26. The number of benzene rings is 2. The number of rotatable bonds is 5. The molecule has 0 bridgehead atoms. The molecule has 1 amide bonds. The Balaban J connectivity index is 1.95. The Labute approximate surface area is 127 Å². The molecule has 2 aromatic rings. The van der Waals surface area contributed by atoms with E-state index in [-0.39, 0.29) is 5.91 Å². The van der Waals surface area contributed by atoms with Gasteiger partial charge in [0.1, 0.15) is 5.25 Å². The lowest BCUT2D eigenvalue weighted by molar-refractivity contribution is -0.120. The van der Waals surface area contributed by atoms with Crippen LogP contribution in [-0.2, 0) is 22.1 Å². The number of nitrogens with one attached hydrogen (secondary N) is 1. The molecule has 0 spiro atoms. The van der Waals surface area contributed by atoms with E-state index >= 15 is 0 Å². The molecule has 3 nitrogen and oxygen atoms in total. The van der Waals surface area contributed by atoms with E-state index in [4.69, 9.17) is 0 Å². The van der Waals surface area contributed by atoms with Crippen LogP contribution in [0.15, 0.2) is 59.5 Å². The van der Waals surface area contributed by atoms with Gasteiger partial charge in [-0.25, -0.2) is 0 Å². The van der Waals surface area contributed by atoms with Gasteiger partial charge in [0, 0.05) is 11.4 Å². The maximum Gasteiger partial charge on any atom is 0.236 e. The molecular weight excluding hydrogens is 282 g/mol. The molecule has 21 heavy (non-hydrogen) atoms. The fourth-order valence-electron chi connectivity index (χ4n) is 1.90. The molecule has 2 rings (SSSR count). The van der Waals surface area contributed by atoms with Gasteiger partial charge in [0.2, 0.25) is 5.91 Å². The quantitative estimate of drug-likeness (QED) is 0.923. The van der Waals surface area contributed by atoms with Crippen LogP contribution in [-0.4, -0.2) is 15.4 Å². The van der Waals surface area contributed by atoms with Crippen molar-refractivity contribution in [1.82, 2.24) is 5.32 Å². The van der Waals surface area contributed by atoms with E-state index in [1.807, 2.05) is 61.5 Å². The lowest BCUT2D eigenvalue weighted by Crippen LogP contribution is -2.35. The molecule has 0 radical (unpaired) electrons. The summed E-state index contributed by atoms with van der Waals surface area (Å²) in [5.41, 5.74) is 2.14. The minimum atomic E-state index is -1.34. The average molecular weight is 301 g/mol. The minimum Gasteiger partial charge on any atom is -0.351 e. The van der Waals surface area contributed by atoms with Gasteiger partial charge in [-0.2, -0.15) is 0 Å². The largest absolute Gasteiger partial charge is 0.351 e. The molecule has 0 saturated heterocycles. The van der Waals surface area contributed by atoms with Crippen LogP contribution >= 0.6 is 0 Å². The topological polar surface area (TPSA) is 46.2 Å². The summed E-state index contributed by atoms with van der Waals surface area (Å²) in [6, 6.07) is 17.1. The number of hydrogen-bond acceptors (Lipinski definition) is 2. The number of carbonyl (C=O) groups is 1. The fraction of sp³-hybridized carbons (Fsp3) is 0.235. The molecule has 1 N–H and O–H groups in total. The SMILES string of the molecule is Cc1ccc(S(=O)[C@@H](C)C(=O)NCc2ccccc2)cc1. The highest BCUT2D eigenvalue weighted by Crippen LogP contribution is 2.12. The van der Waals surface area contributed by atoms with Crippen LogP contribution in [0.1, 0.15) is 18.1 Å². The molecule has 0 aliphatic heterocycles. The molecule has 0 saturated carbocycles. The highest BCUT2D eigenvalue weighted by molar-refractivity contribution is 7.86. The van der Waals surface area contributed by atoms with Crippen molar-refractivity contribution in [1.29, 1.82) is 0 Å². The number of amides is 1. The minimum absolute atomic E-state index is 0.197. The van der Waals surface area contributed by atoms with Crippen molar-refractivity contribution in [2.45, 2.75) is 30.5 Å². The molecule has 2 aromatic carbocycles. The standard InChI is InChI=1S/C17H19NO2S/c1-13-8-10-16(11-9-13)21(20)14(2)17(19)18-12-15-6-4-3-5-7-15/h3-11,14H,12H2,1-2H3,(H,18,19)/t14-,21?/m0/s1. The van der Waals surface area contributed by atoms with Crippen molar-refractivity contribution in [3.05, 3.63) is 65.7 Å². The zero-order valence-electron chi connectivity index (χ0n) is 12.2. The van der Waals surface area contributed by atoms with Gasteiger partial charge in [-0.3, -0.25) is 9.00 Å². The Hall–Kier alpha value is -1.94. The van der Waals surface area contributed by atoms with E-state index < -0.39 is 16.0 Å². The molecule has 110 valence electrons. The smallest absolute Gasteiger partial charge is 0.236 e. The van der Waals surface area contributed by atoms with Crippen LogP contribution in [0.4, 0.5) is 0 Å². The van der Waals surface area contributed by atoms with E-state index in [0.29, 0.717) is 11.4 Å². The van der Waals surface area contributed by atoms with E-state index in [1.54, 1.807) is 6.92 Å². The normalized spacial score (nSPS) is 13.4. The maximum atomic E-state index is 12.4. The first-order chi connectivity index (χ1) is 10.1. The Morgan fingerprint density at radius 3 is 2.33 bits per heavy atom. The zero-order chi connectivity index (χ0) is 15.2. The molecular formula is C17H19NO2S. The maximum absolute atomic E-state index is 12.4. The summed E-state index contributed by atoms with van der Waals surface area (Å²) >= 11 is 0. The van der Waals surface area contributed by atoms with Gasteiger partial charge in [-0.1, -0.05) is 48.0 Å². The monoisotopic (exact) mass is 301 g/mol. The first-order valence-electron chi connectivity index (χ1n) is 6.87. The van der Waals surface area contributed by atoms with Gasteiger partial charge in [0.25, 0.3) is 0 Å². The van der Waals surface area contributed by atoms with E-state index in [1.165, 1.54) is 0 Å². The van der Waals surface area contributed by atoms with Gasteiger partial charge in [-0.05, 0) is 31.5 Å². The number of aryl methyl sites for hydroxylation is 1. The Bertz CT molecular complexity index is 623. The van der Waals surface area contributed by atoms with Crippen molar-refractivity contribution in [2.24, 2.45) is 0 Å². The van der Waals surface area contributed by atoms with Crippen LogP contribution in [0.2, 0.25) is 0 Å². The third-order valence-electron chi connectivity index (χ3n) is 3.25. The predicted molar refractivity (Wildman–Crippen MR) is 85.3 cm³/mol. The van der Waals surface area contributed by atoms with Crippen LogP contribution in [0.3, 0.4) is 0 Å². The van der Waals surface area contributed by atoms with E-state index in [0.717, 1.165) is 11.1 Å². The van der Waals surface area contributed by atoms with Crippen molar-refractivity contribution >= 4 is 16.7 Å². The zero-order valence-corrected chi connectivity index (χ0v) is 13.0. The van der Waals surface area contributed by atoms with Crippen LogP contribution in [0, 0.1) is 6.92 Å². The second-order valence-corrected chi connectivity index (χ2v) is 6.73. The first-order valence-corrected chi connectivity index (χ1v) is 8.08. The molecule has 2 atom stereocenters. The lowest BCUT2D eigenvalue weighted by atomic mass is 10.2. The predicted octanol–water partition coefficient (Wildman–Crippen LogP) is 2.81. The Morgan fingerprint density at radius 2 is 1.71 bits per heavy atom. The third kappa shape index (κ3) is 4.26. The van der Waals surface area contributed by atoms with Crippen LogP contribution in [0.5, 0.6) is 0 Å². The summed E-state index contributed by atoms with van der Waals surface area (Å²) in [6.07, 6.45) is 0. The van der Waals surface area contributed by atoms with Gasteiger partial charge in [0.05, 0.1) is 10.8 Å². The van der Waals surface area contributed by atoms with Gasteiger partial charge in [-0.15, -0.1) is 0 Å². The molecule has 1 unspecified atom stereocenters. The van der Waals surface area contributed by atoms with E-state index in [2.05, 4.69) is 5.32 Å². The lowest BCUT2D eigenvalue weighted by Gasteiger charge is -2.12. The molecule has 0 aliphatic carbocycles. The van der Waals surface area contributed by atoms with Gasteiger partial charge < -0.3 is 5.32 Å². The summed E-state index contributed by atoms with van der Waals surface area (Å²) in [5.74, 6) is -0.197. The molecule has 0 aliphatic rings. The Kier molecular flexibility index (Phi) is 5.28. The van der Waals surface area contributed by atoms with Gasteiger partial charge in [0.15, 0.2) is 0 Å². The highest BCUT2D eigenvalue weighted by Gasteiger charge is 2.20.